The predicted octanol–water partition coefficient (Wildman–Crippen LogP) is 4.52. The Balaban J connectivity index is 1.67. The molecule has 4 rings (SSSR count). The second kappa shape index (κ2) is 7.13. The molecule has 0 unspecified atom stereocenters. The van der Waals surface area contributed by atoms with Crippen LogP contribution in [0.5, 0.6) is 0 Å². The molecule has 3 heterocycles. The Hall–Kier alpha value is -3.31. The summed E-state index contributed by atoms with van der Waals surface area (Å²) in [6, 6.07) is 15.2. The lowest BCUT2D eigenvalue weighted by atomic mass is 10.1. The maximum atomic E-state index is 12.6. The highest BCUT2D eigenvalue weighted by atomic mass is 35.5. The van der Waals surface area contributed by atoms with Gasteiger partial charge in [0.2, 0.25) is 5.78 Å². The number of carbonyl (C=O) groups is 1. The first kappa shape index (κ1) is 17.1. The molecule has 0 N–H and O–H groups in total. The highest BCUT2D eigenvalue weighted by molar-refractivity contribution is 6.32. The van der Waals surface area contributed by atoms with E-state index in [9.17, 15) is 4.79 Å². The van der Waals surface area contributed by atoms with E-state index in [1.165, 1.54) is 0 Å². The fourth-order valence-electron chi connectivity index (χ4n) is 2.81. The summed E-state index contributed by atoms with van der Waals surface area (Å²) in [5.74, 6) is -0.205. The lowest BCUT2D eigenvalue weighted by Crippen LogP contribution is -2.04. The van der Waals surface area contributed by atoms with E-state index in [4.69, 9.17) is 11.6 Å². The summed E-state index contributed by atoms with van der Waals surface area (Å²) in [4.78, 5) is 25.1. The summed E-state index contributed by atoms with van der Waals surface area (Å²) in [7, 11) is 0. The van der Waals surface area contributed by atoms with Gasteiger partial charge in [0.1, 0.15) is 22.9 Å². The van der Waals surface area contributed by atoms with Crippen LogP contribution in [0.4, 0.5) is 0 Å². The fraction of sp³-hybridized carbons (Fsp3) is 0.0476. The van der Waals surface area contributed by atoms with E-state index < -0.39 is 0 Å². The zero-order valence-electron chi connectivity index (χ0n) is 14.5. The first-order chi connectivity index (χ1) is 13.1. The van der Waals surface area contributed by atoms with Crippen LogP contribution in [0.3, 0.4) is 0 Å². The van der Waals surface area contributed by atoms with Crippen molar-refractivity contribution in [2.45, 2.75) is 6.92 Å². The zero-order chi connectivity index (χ0) is 18.8. The van der Waals surface area contributed by atoms with Crippen molar-refractivity contribution in [2.75, 3.05) is 0 Å². The summed E-state index contributed by atoms with van der Waals surface area (Å²) in [5.41, 5.74) is 4.37. The SMILES string of the molecule is Cc1ccnc(C(=O)c2cn(-c3cccc(-c4cccnc4Cl)c3)cn2)c1. The molecule has 0 aliphatic heterocycles. The number of hydrogen-bond donors (Lipinski definition) is 0. The van der Waals surface area contributed by atoms with Crippen LogP contribution in [0.25, 0.3) is 16.8 Å². The quantitative estimate of drug-likeness (QED) is 0.389. The predicted molar refractivity (Wildman–Crippen MR) is 104 cm³/mol. The van der Waals surface area contributed by atoms with Crippen molar-refractivity contribution in [1.82, 2.24) is 19.5 Å². The van der Waals surface area contributed by atoms with Crippen molar-refractivity contribution in [3.63, 3.8) is 0 Å². The van der Waals surface area contributed by atoms with E-state index in [0.29, 0.717) is 16.5 Å². The molecule has 6 heteroatoms. The maximum absolute atomic E-state index is 12.6. The second-order valence-electron chi connectivity index (χ2n) is 6.11. The first-order valence-electron chi connectivity index (χ1n) is 8.34. The molecular weight excluding hydrogens is 360 g/mol. The number of rotatable bonds is 4. The van der Waals surface area contributed by atoms with Gasteiger partial charge in [0.25, 0.3) is 0 Å². The molecule has 0 fully saturated rings. The highest BCUT2D eigenvalue weighted by Gasteiger charge is 2.14. The van der Waals surface area contributed by atoms with Crippen molar-refractivity contribution in [3.8, 4) is 16.8 Å². The number of nitrogens with zero attached hydrogens (tertiary/aromatic N) is 4. The minimum atomic E-state index is -0.205. The van der Waals surface area contributed by atoms with E-state index in [1.54, 1.807) is 35.6 Å². The molecule has 27 heavy (non-hydrogen) atoms. The normalized spacial score (nSPS) is 10.7. The van der Waals surface area contributed by atoms with Gasteiger partial charge in [0, 0.05) is 29.8 Å². The van der Waals surface area contributed by atoms with Crippen LogP contribution in [-0.4, -0.2) is 25.3 Å². The third-order valence-corrected chi connectivity index (χ3v) is 4.48. The van der Waals surface area contributed by atoms with Crippen molar-refractivity contribution in [2.24, 2.45) is 0 Å². The molecule has 132 valence electrons. The minimum Gasteiger partial charge on any atom is -0.306 e. The Morgan fingerprint density at radius 2 is 1.85 bits per heavy atom. The maximum Gasteiger partial charge on any atom is 0.231 e. The van der Waals surface area contributed by atoms with E-state index >= 15 is 0 Å². The molecular formula is C21H15ClN4O. The number of carbonyl (C=O) groups excluding carboxylic acids is 1. The molecule has 4 aromatic rings. The van der Waals surface area contributed by atoms with Crippen LogP contribution in [0.1, 0.15) is 21.7 Å². The second-order valence-corrected chi connectivity index (χ2v) is 6.46. The van der Waals surface area contributed by atoms with E-state index in [0.717, 1.165) is 22.4 Å². The molecule has 0 spiro atoms. The van der Waals surface area contributed by atoms with Crippen LogP contribution < -0.4 is 0 Å². The van der Waals surface area contributed by atoms with Crippen molar-refractivity contribution in [1.29, 1.82) is 0 Å². The fourth-order valence-corrected chi connectivity index (χ4v) is 3.04. The molecule has 0 saturated carbocycles. The average molecular weight is 375 g/mol. The number of aryl methyl sites for hydroxylation is 1. The van der Waals surface area contributed by atoms with Gasteiger partial charge in [-0.1, -0.05) is 23.7 Å². The monoisotopic (exact) mass is 374 g/mol. The number of imidazole rings is 1. The van der Waals surface area contributed by atoms with Crippen LogP contribution >= 0.6 is 11.6 Å². The van der Waals surface area contributed by atoms with Gasteiger partial charge in [-0.15, -0.1) is 0 Å². The van der Waals surface area contributed by atoms with E-state index in [-0.39, 0.29) is 5.78 Å². The lowest BCUT2D eigenvalue weighted by molar-refractivity contribution is 0.103. The number of aromatic nitrogens is 4. The molecule has 0 aliphatic carbocycles. The van der Waals surface area contributed by atoms with Crippen LogP contribution in [0, 0.1) is 6.92 Å². The topological polar surface area (TPSA) is 60.7 Å². The van der Waals surface area contributed by atoms with Gasteiger partial charge >= 0.3 is 0 Å². The van der Waals surface area contributed by atoms with Gasteiger partial charge < -0.3 is 4.57 Å². The Bertz CT molecular complexity index is 1140. The van der Waals surface area contributed by atoms with Crippen LogP contribution in [0.15, 0.2) is 73.4 Å². The van der Waals surface area contributed by atoms with Crippen molar-refractivity contribution < 1.29 is 4.79 Å². The highest BCUT2D eigenvalue weighted by Crippen LogP contribution is 2.27. The molecule has 5 nitrogen and oxygen atoms in total. The van der Waals surface area contributed by atoms with Crippen molar-refractivity contribution >= 4 is 17.4 Å². The van der Waals surface area contributed by atoms with Crippen LogP contribution in [-0.2, 0) is 0 Å². The average Bonchev–Trinajstić information content (AvgIpc) is 3.18. The molecule has 3 aromatic heterocycles. The molecule has 1 aromatic carbocycles. The van der Waals surface area contributed by atoms with Gasteiger partial charge in [0.05, 0.1) is 0 Å². The molecule has 0 bridgehead atoms. The largest absolute Gasteiger partial charge is 0.306 e. The molecule has 0 amide bonds. The minimum absolute atomic E-state index is 0.205. The van der Waals surface area contributed by atoms with E-state index in [1.807, 2.05) is 49.4 Å². The van der Waals surface area contributed by atoms with Crippen LogP contribution in [0.2, 0.25) is 5.15 Å². The zero-order valence-corrected chi connectivity index (χ0v) is 15.3. The third kappa shape index (κ3) is 3.50. The van der Waals surface area contributed by atoms with Gasteiger partial charge in [0.15, 0.2) is 0 Å². The number of pyridine rings is 2. The van der Waals surface area contributed by atoms with Gasteiger partial charge in [-0.05, 0) is 54.4 Å². The Labute approximate surface area is 161 Å². The molecule has 0 aliphatic rings. The summed E-state index contributed by atoms with van der Waals surface area (Å²) in [6.45, 7) is 1.92. The molecule has 0 radical (unpaired) electrons. The number of ketones is 1. The Morgan fingerprint density at radius 1 is 0.963 bits per heavy atom. The number of benzene rings is 1. The molecule has 0 saturated heterocycles. The molecule has 0 atom stereocenters. The summed E-state index contributed by atoms with van der Waals surface area (Å²) in [6.07, 6.45) is 6.60. The van der Waals surface area contributed by atoms with Gasteiger partial charge in [-0.25, -0.2) is 9.97 Å². The van der Waals surface area contributed by atoms with Crippen molar-refractivity contribution in [3.05, 3.63) is 95.6 Å². The number of halogens is 1. The van der Waals surface area contributed by atoms with Gasteiger partial charge in [-0.3, -0.25) is 9.78 Å². The lowest BCUT2D eigenvalue weighted by Gasteiger charge is -2.07. The number of hydrogen-bond acceptors (Lipinski definition) is 4. The third-order valence-electron chi connectivity index (χ3n) is 4.18. The summed E-state index contributed by atoms with van der Waals surface area (Å²) >= 11 is 6.20. The van der Waals surface area contributed by atoms with E-state index in [2.05, 4.69) is 15.0 Å². The Kier molecular flexibility index (Phi) is 4.52. The standard InChI is InChI=1S/C21H15ClN4O/c1-14-7-9-23-18(10-14)20(27)19-12-26(13-25-19)16-5-2-4-15(11-16)17-6-3-8-24-21(17)22/h2-13H,1H3. The smallest absolute Gasteiger partial charge is 0.231 e. The Morgan fingerprint density at radius 3 is 2.67 bits per heavy atom. The first-order valence-corrected chi connectivity index (χ1v) is 8.72. The van der Waals surface area contributed by atoms with Gasteiger partial charge in [-0.2, -0.15) is 0 Å². The summed E-state index contributed by atoms with van der Waals surface area (Å²) in [5, 5.41) is 0.446. The summed E-state index contributed by atoms with van der Waals surface area (Å²) < 4.78 is 1.80.